The van der Waals surface area contributed by atoms with Crippen molar-refractivity contribution in [3.05, 3.63) is 6.20 Å². The number of aryl methyl sites for hydroxylation is 1. The predicted molar refractivity (Wildman–Crippen MR) is 57.2 cm³/mol. The van der Waals surface area contributed by atoms with E-state index in [0.717, 1.165) is 12.8 Å². The minimum absolute atomic E-state index is 0.255. The number of ether oxygens (including phenoxy) is 1. The molecule has 0 spiro atoms. The second kappa shape index (κ2) is 3.79. The summed E-state index contributed by atoms with van der Waals surface area (Å²) < 4.78 is 7.12. The molecule has 0 bridgehead atoms. The van der Waals surface area contributed by atoms with E-state index >= 15 is 0 Å². The van der Waals surface area contributed by atoms with Crippen LogP contribution < -0.4 is 10.1 Å². The van der Waals surface area contributed by atoms with Gasteiger partial charge in [-0.2, -0.15) is 0 Å². The summed E-state index contributed by atoms with van der Waals surface area (Å²) in [5, 5.41) is 16.4. The number of carbonyl (C=O) groups excluding carboxylic acids is 1. The molecule has 1 aliphatic rings. The van der Waals surface area contributed by atoms with E-state index in [1.54, 1.807) is 24.9 Å². The highest BCUT2D eigenvalue weighted by Crippen LogP contribution is 2.36. The lowest BCUT2D eigenvalue weighted by Crippen LogP contribution is -2.52. The largest absolute Gasteiger partial charge is 0.469 e. The average Bonchev–Trinajstić information content (AvgIpc) is 2.55. The number of rotatable bonds is 4. The molecule has 16 heavy (non-hydrogen) atoms. The lowest BCUT2D eigenvalue weighted by molar-refractivity contribution is -0.119. The maximum atomic E-state index is 10.4. The first-order valence-electron chi connectivity index (χ1n) is 5.16. The Morgan fingerprint density at radius 2 is 2.56 bits per heavy atom. The van der Waals surface area contributed by atoms with Crippen LogP contribution in [-0.2, 0) is 11.8 Å². The van der Waals surface area contributed by atoms with Crippen LogP contribution in [-0.4, -0.2) is 33.0 Å². The van der Waals surface area contributed by atoms with Gasteiger partial charge in [0.15, 0.2) is 0 Å². The molecule has 0 saturated heterocycles. The van der Waals surface area contributed by atoms with E-state index in [-0.39, 0.29) is 6.10 Å². The SMILES string of the molecule is Cn1cc(NC=O)c(OC2CCC2(C)O)n1. The number of aromatic nitrogens is 2. The topological polar surface area (TPSA) is 76.4 Å². The molecule has 2 unspecified atom stereocenters. The molecule has 2 N–H and O–H groups in total. The van der Waals surface area contributed by atoms with Gasteiger partial charge < -0.3 is 15.2 Å². The van der Waals surface area contributed by atoms with Gasteiger partial charge in [-0.05, 0) is 19.8 Å². The summed E-state index contributed by atoms with van der Waals surface area (Å²) in [5.74, 6) is 0.347. The molecule has 1 saturated carbocycles. The van der Waals surface area contributed by atoms with Gasteiger partial charge in [0.05, 0.1) is 11.8 Å². The average molecular weight is 225 g/mol. The van der Waals surface area contributed by atoms with Crippen LogP contribution in [0.2, 0.25) is 0 Å². The smallest absolute Gasteiger partial charge is 0.257 e. The number of nitrogens with one attached hydrogen (secondary N) is 1. The summed E-state index contributed by atoms with van der Waals surface area (Å²) in [5.41, 5.74) is -0.282. The third-order valence-corrected chi connectivity index (χ3v) is 2.87. The molecule has 6 nitrogen and oxygen atoms in total. The van der Waals surface area contributed by atoms with Crippen molar-refractivity contribution in [1.82, 2.24) is 9.78 Å². The Balaban J connectivity index is 2.11. The number of amides is 1. The van der Waals surface area contributed by atoms with Gasteiger partial charge in [0, 0.05) is 7.05 Å². The molecule has 0 radical (unpaired) electrons. The van der Waals surface area contributed by atoms with Crippen molar-refractivity contribution in [3.8, 4) is 5.88 Å². The summed E-state index contributed by atoms with van der Waals surface area (Å²) >= 11 is 0. The molecule has 0 aromatic carbocycles. The molecule has 88 valence electrons. The van der Waals surface area contributed by atoms with Gasteiger partial charge in [0.25, 0.3) is 5.88 Å². The van der Waals surface area contributed by atoms with Crippen LogP contribution in [0.1, 0.15) is 19.8 Å². The van der Waals surface area contributed by atoms with Crippen molar-refractivity contribution >= 4 is 12.1 Å². The van der Waals surface area contributed by atoms with Crippen LogP contribution in [0.4, 0.5) is 5.69 Å². The van der Waals surface area contributed by atoms with Crippen molar-refractivity contribution in [2.45, 2.75) is 31.5 Å². The molecule has 1 fully saturated rings. The fourth-order valence-corrected chi connectivity index (χ4v) is 1.72. The molecule has 2 rings (SSSR count). The highest BCUT2D eigenvalue weighted by Gasteiger charge is 2.43. The van der Waals surface area contributed by atoms with Crippen molar-refractivity contribution in [1.29, 1.82) is 0 Å². The van der Waals surface area contributed by atoms with E-state index < -0.39 is 5.60 Å². The molecular weight excluding hydrogens is 210 g/mol. The summed E-state index contributed by atoms with van der Waals surface area (Å²) in [6.07, 6.45) is 3.49. The number of aliphatic hydroxyl groups is 1. The fourth-order valence-electron chi connectivity index (χ4n) is 1.72. The Bertz CT molecular complexity index is 400. The van der Waals surface area contributed by atoms with Crippen molar-refractivity contribution in [3.63, 3.8) is 0 Å². The van der Waals surface area contributed by atoms with E-state index in [4.69, 9.17) is 4.74 Å². The minimum atomic E-state index is -0.796. The highest BCUT2D eigenvalue weighted by molar-refractivity contribution is 5.73. The Hall–Kier alpha value is -1.56. The summed E-state index contributed by atoms with van der Waals surface area (Å²) in [7, 11) is 1.74. The number of hydrogen-bond acceptors (Lipinski definition) is 4. The maximum Gasteiger partial charge on any atom is 0.257 e. The zero-order valence-corrected chi connectivity index (χ0v) is 9.30. The van der Waals surface area contributed by atoms with Crippen LogP contribution in [0.5, 0.6) is 5.88 Å². The third kappa shape index (κ3) is 1.88. The van der Waals surface area contributed by atoms with Gasteiger partial charge in [-0.1, -0.05) is 0 Å². The lowest BCUT2D eigenvalue weighted by Gasteiger charge is -2.41. The van der Waals surface area contributed by atoms with Gasteiger partial charge in [-0.25, -0.2) is 0 Å². The van der Waals surface area contributed by atoms with Gasteiger partial charge in [-0.15, -0.1) is 5.10 Å². The zero-order valence-electron chi connectivity index (χ0n) is 9.30. The van der Waals surface area contributed by atoms with Crippen LogP contribution >= 0.6 is 0 Å². The fraction of sp³-hybridized carbons (Fsp3) is 0.600. The molecule has 0 aliphatic heterocycles. The van der Waals surface area contributed by atoms with Gasteiger partial charge in [0.1, 0.15) is 11.8 Å². The van der Waals surface area contributed by atoms with Crippen molar-refractivity contribution < 1.29 is 14.6 Å². The molecule has 1 aliphatic carbocycles. The molecular formula is C10H15N3O3. The standard InChI is InChI=1S/C10H15N3O3/c1-10(15)4-3-8(10)16-9-7(11-6-14)5-13(2)12-9/h5-6,8,15H,3-4H2,1-2H3,(H,11,14). The molecule has 1 amide bonds. The second-order valence-corrected chi connectivity index (χ2v) is 4.29. The van der Waals surface area contributed by atoms with E-state index in [1.807, 2.05) is 0 Å². The predicted octanol–water partition coefficient (Wildman–Crippen LogP) is 0.281. The monoisotopic (exact) mass is 225 g/mol. The van der Waals surface area contributed by atoms with E-state index in [2.05, 4.69) is 10.4 Å². The highest BCUT2D eigenvalue weighted by atomic mass is 16.5. The van der Waals surface area contributed by atoms with Crippen molar-refractivity contribution in [2.24, 2.45) is 7.05 Å². The van der Waals surface area contributed by atoms with Gasteiger partial charge >= 0.3 is 0 Å². The van der Waals surface area contributed by atoms with Gasteiger partial charge in [0.2, 0.25) is 6.41 Å². The normalized spacial score (nSPS) is 28.3. The van der Waals surface area contributed by atoms with Crippen LogP contribution in [0, 0.1) is 0 Å². The summed E-state index contributed by atoms with van der Waals surface area (Å²) in [6, 6.07) is 0. The molecule has 1 aromatic rings. The van der Waals surface area contributed by atoms with E-state index in [9.17, 15) is 9.90 Å². The number of anilines is 1. The number of hydrogen-bond donors (Lipinski definition) is 2. The number of nitrogens with zero attached hydrogens (tertiary/aromatic N) is 2. The Kier molecular flexibility index (Phi) is 2.59. The Labute approximate surface area is 93.2 Å². The Morgan fingerprint density at radius 1 is 1.81 bits per heavy atom. The minimum Gasteiger partial charge on any atom is -0.469 e. The summed E-state index contributed by atoms with van der Waals surface area (Å²) in [4.78, 5) is 10.4. The molecule has 2 atom stereocenters. The quantitative estimate of drug-likeness (QED) is 0.722. The third-order valence-electron chi connectivity index (χ3n) is 2.87. The number of carbonyl (C=O) groups is 1. The second-order valence-electron chi connectivity index (χ2n) is 4.29. The summed E-state index contributed by atoms with van der Waals surface area (Å²) in [6.45, 7) is 1.73. The molecule has 6 heteroatoms. The lowest BCUT2D eigenvalue weighted by atomic mass is 9.79. The zero-order chi connectivity index (χ0) is 11.8. The Morgan fingerprint density at radius 3 is 3.06 bits per heavy atom. The van der Waals surface area contributed by atoms with E-state index in [0.29, 0.717) is 18.0 Å². The first-order valence-corrected chi connectivity index (χ1v) is 5.16. The first kappa shape index (κ1) is 10.9. The maximum absolute atomic E-state index is 10.4. The van der Waals surface area contributed by atoms with Crippen molar-refractivity contribution in [2.75, 3.05) is 5.32 Å². The molecule has 1 heterocycles. The van der Waals surface area contributed by atoms with Crippen LogP contribution in [0.15, 0.2) is 6.20 Å². The van der Waals surface area contributed by atoms with Gasteiger partial charge in [-0.3, -0.25) is 9.48 Å². The van der Waals surface area contributed by atoms with Crippen LogP contribution in [0.3, 0.4) is 0 Å². The van der Waals surface area contributed by atoms with Crippen LogP contribution in [0.25, 0.3) is 0 Å². The molecule has 1 aromatic heterocycles. The van der Waals surface area contributed by atoms with E-state index in [1.165, 1.54) is 0 Å². The first-order chi connectivity index (χ1) is 7.53.